The number of benzene rings is 2. The van der Waals surface area contributed by atoms with Crippen LogP contribution in [0.25, 0.3) is 0 Å². The lowest BCUT2D eigenvalue weighted by Gasteiger charge is -2.29. The normalized spacial score (nSPS) is 23.7. The van der Waals surface area contributed by atoms with E-state index in [0.29, 0.717) is 36.6 Å². The highest BCUT2D eigenvalue weighted by Crippen LogP contribution is 2.34. The number of hydrogen-bond acceptors (Lipinski definition) is 6. The molecule has 2 fully saturated rings. The van der Waals surface area contributed by atoms with E-state index in [1.54, 1.807) is 23.1 Å². The van der Waals surface area contributed by atoms with Gasteiger partial charge in [-0.2, -0.15) is 0 Å². The molecule has 3 aliphatic heterocycles. The highest BCUT2D eigenvalue weighted by atomic mass is 16.5. The zero-order valence-electron chi connectivity index (χ0n) is 20.4. The molecule has 176 valence electrons. The van der Waals surface area contributed by atoms with Crippen LogP contribution in [0.4, 0.5) is 0 Å². The number of imide groups is 1. The molecule has 2 aromatic rings. The molecular formula is C25H25N3O6. The van der Waals surface area contributed by atoms with Crippen molar-refractivity contribution in [3.63, 3.8) is 0 Å². The number of carbonyl (C=O) groups is 4. The maximum absolute atomic E-state index is 13.1. The summed E-state index contributed by atoms with van der Waals surface area (Å²) in [6.45, 7) is 2.05. The highest BCUT2D eigenvalue weighted by molar-refractivity contribution is 6.05. The summed E-state index contributed by atoms with van der Waals surface area (Å²) in [6, 6.07) is 11.6. The number of nitrogens with zero attached hydrogens (tertiary/aromatic N) is 2. The lowest BCUT2D eigenvalue weighted by molar-refractivity contribution is -0.143. The minimum atomic E-state index is -1.20. The van der Waals surface area contributed by atoms with Crippen LogP contribution in [-0.4, -0.2) is 59.2 Å². The Bertz CT molecular complexity index is 1220. The van der Waals surface area contributed by atoms with Gasteiger partial charge < -0.3 is 19.3 Å². The van der Waals surface area contributed by atoms with Crippen LogP contribution in [0.15, 0.2) is 42.5 Å². The van der Waals surface area contributed by atoms with E-state index in [9.17, 15) is 19.2 Å². The fourth-order valence-corrected chi connectivity index (χ4v) is 4.33. The van der Waals surface area contributed by atoms with E-state index >= 15 is 0 Å². The fraction of sp³-hybridized carbons (Fsp3) is 0.360. The lowest BCUT2D eigenvalue weighted by Crippen LogP contribution is -2.52. The van der Waals surface area contributed by atoms with Gasteiger partial charge in [-0.15, -0.1) is 0 Å². The SMILES string of the molecule is [2H]C1CC(=O)N([2H])C(=O)C1N1Cc2c(OCc3ccc(CN4CCOCC4=O)cc3)cccc2C1=O. The van der Waals surface area contributed by atoms with Crippen molar-refractivity contribution in [2.24, 2.45) is 0 Å². The maximum atomic E-state index is 13.1. The second-order valence-electron chi connectivity index (χ2n) is 8.42. The molecule has 1 N–H and O–H groups in total. The summed E-state index contributed by atoms with van der Waals surface area (Å²) in [6.07, 6.45) is -1.42. The first-order chi connectivity index (χ1) is 17.3. The van der Waals surface area contributed by atoms with Crippen LogP contribution in [0, 0.1) is 0 Å². The predicted molar refractivity (Wildman–Crippen MR) is 119 cm³/mol. The van der Waals surface area contributed by atoms with Gasteiger partial charge in [0.2, 0.25) is 17.7 Å². The smallest absolute Gasteiger partial charge is 0.255 e. The maximum Gasteiger partial charge on any atom is 0.255 e. The Hall–Kier alpha value is -3.72. The van der Waals surface area contributed by atoms with Crippen LogP contribution in [0.2, 0.25) is 1.41 Å². The molecule has 4 amide bonds. The van der Waals surface area contributed by atoms with Crippen molar-refractivity contribution in [3.8, 4) is 5.75 Å². The molecule has 34 heavy (non-hydrogen) atoms. The van der Waals surface area contributed by atoms with Crippen LogP contribution in [0.3, 0.4) is 0 Å². The second kappa shape index (κ2) is 9.26. The van der Waals surface area contributed by atoms with Gasteiger partial charge in [-0.3, -0.25) is 24.5 Å². The fourth-order valence-electron chi connectivity index (χ4n) is 4.33. The summed E-state index contributed by atoms with van der Waals surface area (Å²) in [5.74, 6) is -1.56. The van der Waals surface area contributed by atoms with E-state index in [1.807, 2.05) is 24.3 Å². The van der Waals surface area contributed by atoms with Crippen molar-refractivity contribution in [1.29, 1.82) is 0 Å². The van der Waals surface area contributed by atoms with Crippen LogP contribution in [0.5, 0.6) is 5.75 Å². The molecule has 3 heterocycles. The van der Waals surface area contributed by atoms with Gasteiger partial charge in [-0.05, 0) is 29.7 Å². The van der Waals surface area contributed by atoms with E-state index in [2.05, 4.69) is 0 Å². The highest BCUT2D eigenvalue weighted by Gasteiger charge is 2.40. The van der Waals surface area contributed by atoms with Gasteiger partial charge >= 0.3 is 0 Å². The summed E-state index contributed by atoms with van der Waals surface area (Å²) in [7, 11) is 0. The number of fused-ring (bicyclic) bond motifs is 1. The quantitative estimate of drug-likeness (QED) is 0.647. The summed E-state index contributed by atoms with van der Waals surface area (Å²) in [5, 5.41) is 0.252. The molecule has 2 saturated heterocycles. The molecular weight excluding hydrogens is 438 g/mol. The number of hydrogen-bond donors (Lipinski definition) is 1. The molecule has 2 aromatic carbocycles. The molecule has 3 aliphatic rings. The van der Waals surface area contributed by atoms with Crippen molar-refractivity contribution < 1.29 is 31.4 Å². The van der Waals surface area contributed by atoms with Gasteiger partial charge in [0, 0.05) is 32.0 Å². The topological polar surface area (TPSA) is 105 Å². The monoisotopic (exact) mass is 465 g/mol. The minimum Gasteiger partial charge on any atom is -0.489 e. The number of piperidine rings is 1. The minimum absolute atomic E-state index is 0.0242. The zero-order chi connectivity index (χ0) is 25.4. The van der Waals surface area contributed by atoms with E-state index in [1.165, 1.54) is 4.90 Å². The molecule has 9 heteroatoms. The van der Waals surface area contributed by atoms with E-state index < -0.39 is 30.2 Å². The third kappa shape index (κ3) is 4.38. The van der Waals surface area contributed by atoms with Crippen LogP contribution < -0.4 is 10.0 Å². The Morgan fingerprint density at radius 2 is 1.91 bits per heavy atom. The molecule has 0 aliphatic carbocycles. The van der Waals surface area contributed by atoms with Crippen LogP contribution >= 0.6 is 0 Å². The van der Waals surface area contributed by atoms with Gasteiger partial charge in [0.05, 0.1) is 13.2 Å². The summed E-state index contributed by atoms with van der Waals surface area (Å²) >= 11 is 0. The first kappa shape index (κ1) is 19.7. The summed E-state index contributed by atoms with van der Waals surface area (Å²) in [4.78, 5) is 52.3. The van der Waals surface area contributed by atoms with Crippen molar-refractivity contribution >= 4 is 23.6 Å². The Morgan fingerprint density at radius 1 is 1.12 bits per heavy atom. The zero-order valence-corrected chi connectivity index (χ0v) is 18.4. The van der Waals surface area contributed by atoms with Gasteiger partial charge in [-0.25, -0.2) is 0 Å². The predicted octanol–water partition coefficient (Wildman–Crippen LogP) is 1.39. The summed E-state index contributed by atoms with van der Waals surface area (Å²) in [5.41, 5.74) is 2.90. The van der Waals surface area contributed by atoms with Crippen LogP contribution in [-0.2, 0) is 38.8 Å². The average Bonchev–Trinajstić information content (AvgIpc) is 3.20. The summed E-state index contributed by atoms with van der Waals surface area (Å²) < 4.78 is 27.0. The molecule has 2 unspecified atom stereocenters. The van der Waals surface area contributed by atoms with Gasteiger partial charge in [0.25, 0.3) is 5.91 Å². The van der Waals surface area contributed by atoms with Crippen molar-refractivity contribution in [2.45, 2.75) is 38.6 Å². The first-order valence-electron chi connectivity index (χ1n) is 12.1. The number of ether oxygens (including phenoxy) is 2. The van der Waals surface area contributed by atoms with Gasteiger partial charge in [0.1, 0.15) is 25.0 Å². The van der Waals surface area contributed by atoms with Crippen molar-refractivity contribution in [3.05, 3.63) is 64.7 Å². The van der Waals surface area contributed by atoms with Crippen molar-refractivity contribution in [1.82, 2.24) is 15.1 Å². The molecule has 0 radical (unpaired) electrons. The van der Waals surface area contributed by atoms with E-state index in [4.69, 9.17) is 12.3 Å². The number of amides is 4. The Kier molecular flexibility index (Phi) is 5.37. The lowest BCUT2D eigenvalue weighted by atomic mass is 10.0. The number of rotatable bonds is 6. The molecule has 0 aromatic heterocycles. The van der Waals surface area contributed by atoms with E-state index in [-0.39, 0.29) is 37.4 Å². The molecule has 0 saturated carbocycles. The Labute approximate surface area is 199 Å². The third-order valence-corrected chi connectivity index (χ3v) is 6.17. The second-order valence-corrected chi connectivity index (χ2v) is 8.42. The average molecular weight is 466 g/mol. The van der Waals surface area contributed by atoms with Crippen LogP contribution in [0.1, 0.15) is 41.2 Å². The van der Waals surface area contributed by atoms with Crippen molar-refractivity contribution in [2.75, 3.05) is 19.8 Å². The molecule has 5 rings (SSSR count). The number of morpholine rings is 1. The number of carbonyl (C=O) groups excluding carboxylic acids is 4. The molecule has 0 spiro atoms. The van der Waals surface area contributed by atoms with E-state index in [0.717, 1.165) is 11.1 Å². The third-order valence-electron chi connectivity index (χ3n) is 6.17. The first-order valence-corrected chi connectivity index (χ1v) is 11.1. The molecule has 0 bridgehead atoms. The van der Waals surface area contributed by atoms with Gasteiger partial charge in [0.15, 0.2) is 1.41 Å². The Balaban J connectivity index is 1.26. The molecule has 9 nitrogen and oxygen atoms in total. The van der Waals surface area contributed by atoms with Gasteiger partial charge in [-0.1, -0.05) is 30.3 Å². The standard InChI is InChI=1S/C25H25N3O6/c29-22-9-8-20(24(31)26-22)28-13-19-18(25(28)32)2-1-3-21(19)34-14-17-6-4-16(5-7-17)12-27-10-11-33-15-23(27)30/h1-7,20H,8-15H2,(H,26,29,31)/i8D/hD. The number of nitrogens with one attached hydrogen (secondary N) is 1. The largest absolute Gasteiger partial charge is 0.489 e. The Morgan fingerprint density at radius 3 is 2.71 bits per heavy atom. The molecule has 2 atom stereocenters.